The molecule has 2 heterocycles. The Morgan fingerprint density at radius 3 is 2.56 bits per heavy atom. The highest BCUT2D eigenvalue weighted by molar-refractivity contribution is 5.95. The van der Waals surface area contributed by atoms with Gasteiger partial charge in [0.1, 0.15) is 12.2 Å². The third-order valence-electron chi connectivity index (χ3n) is 6.78. The minimum absolute atomic E-state index is 0.0422. The van der Waals surface area contributed by atoms with Crippen LogP contribution in [-0.2, 0) is 4.79 Å². The van der Waals surface area contributed by atoms with Crippen molar-refractivity contribution < 1.29 is 9.59 Å². The standard InChI is InChI=1S/C29H32N8O2/c1-30-27(38)10-4-2-3-9-25(34-29(39)21-13-15-24(16-14-21)37-19-32-35-36-37)28-31-18-26(33-28)23-12-11-20-7-5-6-8-22(20)17-23/h5-8,11-19,25,35-36H,2-4,9-10H2,1H3,(H,30,38)(H,31,33)(H,34,39)/t25-/m0/s1. The number of imidazole rings is 1. The fourth-order valence-electron chi connectivity index (χ4n) is 4.57. The summed E-state index contributed by atoms with van der Waals surface area (Å²) >= 11 is 0. The van der Waals surface area contributed by atoms with Crippen LogP contribution in [0.2, 0.25) is 0 Å². The normalized spacial score (nSPS) is 13.3. The van der Waals surface area contributed by atoms with E-state index in [2.05, 4.69) is 67.1 Å². The van der Waals surface area contributed by atoms with E-state index in [9.17, 15) is 9.59 Å². The molecular formula is C29H32N8O2. The average Bonchev–Trinajstić information content (AvgIpc) is 3.69. The second-order valence-corrected chi connectivity index (χ2v) is 9.43. The van der Waals surface area contributed by atoms with Crippen LogP contribution in [0.5, 0.6) is 0 Å². The minimum atomic E-state index is -0.303. The first-order chi connectivity index (χ1) is 19.1. The smallest absolute Gasteiger partial charge is 0.251 e. The van der Waals surface area contributed by atoms with Crippen molar-refractivity contribution in [2.75, 3.05) is 12.1 Å². The van der Waals surface area contributed by atoms with E-state index < -0.39 is 0 Å². The third kappa shape index (κ3) is 6.42. The number of fused-ring (bicyclic) bond motifs is 1. The van der Waals surface area contributed by atoms with Crippen LogP contribution in [0.3, 0.4) is 0 Å². The summed E-state index contributed by atoms with van der Waals surface area (Å²) < 4.78 is 0. The molecule has 0 bridgehead atoms. The maximum Gasteiger partial charge on any atom is 0.251 e. The summed E-state index contributed by atoms with van der Waals surface area (Å²) in [7, 11) is 1.65. The van der Waals surface area contributed by atoms with Crippen LogP contribution in [-0.4, -0.2) is 35.2 Å². The summed E-state index contributed by atoms with van der Waals surface area (Å²) in [5, 5.41) is 13.8. The van der Waals surface area contributed by atoms with Gasteiger partial charge in [0.25, 0.3) is 5.91 Å². The monoisotopic (exact) mass is 524 g/mol. The zero-order valence-electron chi connectivity index (χ0n) is 21.8. The molecule has 1 aliphatic rings. The minimum Gasteiger partial charge on any atom is -0.359 e. The molecule has 4 aromatic rings. The number of aromatic nitrogens is 2. The molecule has 0 fully saturated rings. The molecule has 39 heavy (non-hydrogen) atoms. The summed E-state index contributed by atoms with van der Waals surface area (Å²) in [6.07, 6.45) is 7.15. The highest BCUT2D eigenvalue weighted by Gasteiger charge is 2.20. The van der Waals surface area contributed by atoms with Crippen molar-refractivity contribution in [3.8, 4) is 11.3 Å². The van der Waals surface area contributed by atoms with Crippen LogP contribution >= 0.6 is 0 Å². The molecule has 1 aliphatic heterocycles. The van der Waals surface area contributed by atoms with Gasteiger partial charge in [-0.1, -0.05) is 49.2 Å². The number of amides is 2. The van der Waals surface area contributed by atoms with E-state index in [0.717, 1.165) is 41.6 Å². The Hall–Kier alpha value is -4.70. The number of aromatic amines is 1. The predicted octanol–water partition coefficient (Wildman–Crippen LogP) is 4.17. The lowest BCUT2D eigenvalue weighted by Gasteiger charge is -2.18. The molecule has 1 atom stereocenters. The number of carbonyl (C=O) groups is 2. The van der Waals surface area contributed by atoms with Crippen LogP contribution in [0.25, 0.3) is 22.0 Å². The van der Waals surface area contributed by atoms with Crippen LogP contribution < -0.4 is 26.7 Å². The predicted molar refractivity (Wildman–Crippen MR) is 153 cm³/mol. The van der Waals surface area contributed by atoms with Gasteiger partial charge in [-0.3, -0.25) is 9.59 Å². The summed E-state index contributed by atoms with van der Waals surface area (Å²) in [6.45, 7) is 0. The van der Waals surface area contributed by atoms with Gasteiger partial charge < -0.3 is 15.6 Å². The number of hydrazone groups is 1. The summed E-state index contributed by atoms with van der Waals surface area (Å²) in [4.78, 5) is 32.9. The van der Waals surface area contributed by atoms with Crippen molar-refractivity contribution in [1.82, 2.24) is 31.7 Å². The molecular weight excluding hydrogens is 492 g/mol. The Balaban J connectivity index is 1.30. The Morgan fingerprint density at radius 1 is 0.974 bits per heavy atom. The number of anilines is 1. The first-order valence-electron chi connectivity index (χ1n) is 13.1. The molecule has 0 aliphatic carbocycles. The number of hydrazine groups is 2. The first kappa shape index (κ1) is 25.9. The molecule has 5 rings (SSSR count). The molecule has 3 aromatic carbocycles. The first-order valence-corrected chi connectivity index (χ1v) is 13.1. The lowest BCUT2D eigenvalue weighted by Crippen LogP contribution is -2.37. The second-order valence-electron chi connectivity index (χ2n) is 9.43. The van der Waals surface area contributed by atoms with E-state index in [0.29, 0.717) is 24.2 Å². The van der Waals surface area contributed by atoms with Crippen LogP contribution in [0.4, 0.5) is 5.69 Å². The SMILES string of the molecule is CNC(=O)CCCCC[C@H](NC(=O)c1ccc(N2C=NNN2)cc1)c1ncc(-c2ccc3ccccc3c2)[nH]1. The fourth-order valence-corrected chi connectivity index (χ4v) is 4.57. The maximum absolute atomic E-state index is 13.2. The number of H-pyrrole nitrogens is 1. The van der Waals surface area contributed by atoms with E-state index in [1.165, 1.54) is 5.39 Å². The van der Waals surface area contributed by atoms with Crippen molar-refractivity contribution in [3.05, 3.63) is 84.3 Å². The Morgan fingerprint density at radius 2 is 1.79 bits per heavy atom. The van der Waals surface area contributed by atoms with Crippen LogP contribution in [0.15, 0.2) is 78.0 Å². The number of hydrogen-bond acceptors (Lipinski definition) is 7. The quantitative estimate of drug-likeness (QED) is 0.188. The number of hydrogen-bond donors (Lipinski definition) is 5. The Kier molecular flexibility index (Phi) is 8.13. The van der Waals surface area contributed by atoms with E-state index in [1.807, 2.05) is 30.5 Å². The topological polar surface area (TPSA) is 127 Å². The van der Waals surface area contributed by atoms with Crippen LogP contribution in [0, 0.1) is 0 Å². The van der Waals surface area contributed by atoms with Crippen molar-refractivity contribution in [2.24, 2.45) is 5.10 Å². The van der Waals surface area contributed by atoms with Gasteiger partial charge in [-0.2, -0.15) is 5.10 Å². The molecule has 0 radical (unpaired) electrons. The molecule has 0 saturated heterocycles. The largest absolute Gasteiger partial charge is 0.359 e. The lowest BCUT2D eigenvalue weighted by atomic mass is 10.0. The van der Waals surface area contributed by atoms with Gasteiger partial charge in [-0.15, -0.1) is 5.53 Å². The van der Waals surface area contributed by atoms with Gasteiger partial charge in [0.15, 0.2) is 0 Å². The maximum atomic E-state index is 13.2. The fraction of sp³-hybridized carbons (Fsp3) is 0.241. The van der Waals surface area contributed by atoms with E-state index in [-0.39, 0.29) is 17.9 Å². The van der Waals surface area contributed by atoms with Gasteiger partial charge in [0.05, 0.1) is 23.6 Å². The van der Waals surface area contributed by atoms with E-state index in [1.54, 1.807) is 30.5 Å². The number of nitrogens with zero attached hydrogens (tertiary/aromatic N) is 3. The van der Waals surface area contributed by atoms with Crippen molar-refractivity contribution in [3.63, 3.8) is 0 Å². The van der Waals surface area contributed by atoms with Gasteiger partial charge in [0.2, 0.25) is 5.91 Å². The Labute approximate surface area is 226 Å². The molecule has 0 spiro atoms. The molecule has 10 nitrogen and oxygen atoms in total. The molecule has 0 unspecified atom stereocenters. The highest BCUT2D eigenvalue weighted by Crippen LogP contribution is 2.26. The number of unbranched alkanes of at least 4 members (excludes halogenated alkanes) is 2. The molecule has 10 heteroatoms. The number of benzene rings is 3. The summed E-state index contributed by atoms with van der Waals surface area (Å²) in [5.74, 6) is 0.570. The number of carbonyl (C=O) groups excluding carboxylic acids is 2. The summed E-state index contributed by atoms with van der Waals surface area (Å²) in [6, 6.07) is 21.5. The molecule has 5 N–H and O–H groups in total. The van der Waals surface area contributed by atoms with E-state index in [4.69, 9.17) is 0 Å². The van der Waals surface area contributed by atoms with Crippen LogP contribution in [0.1, 0.15) is 54.3 Å². The third-order valence-corrected chi connectivity index (χ3v) is 6.78. The average molecular weight is 525 g/mol. The van der Waals surface area contributed by atoms with Gasteiger partial charge in [0, 0.05) is 24.6 Å². The van der Waals surface area contributed by atoms with Gasteiger partial charge in [-0.05, 0) is 53.9 Å². The van der Waals surface area contributed by atoms with Crippen molar-refractivity contribution in [2.45, 2.75) is 38.1 Å². The van der Waals surface area contributed by atoms with Gasteiger partial charge >= 0.3 is 0 Å². The lowest BCUT2D eigenvalue weighted by molar-refractivity contribution is -0.120. The Bertz CT molecular complexity index is 1460. The molecule has 2 amide bonds. The van der Waals surface area contributed by atoms with Crippen molar-refractivity contribution in [1.29, 1.82) is 0 Å². The van der Waals surface area contributed by atoms with Crippen molar-refractivity contribution >= 4 is 34.6 Å². The highest BCUT2D eigenvalue weighted by atomic mass is 16.2. The summed E-state index contributed by atoms with van der Waals surface area (Å²) in [5.41, 5.74) is 8.84. The zero-order valence-corrected chi connectivity index (χ0v) is 21.8. The molecule has 1 aromatic heterocycles. The number of rotatable bonds is 11. The second kappa shape index (κ2) is 12.2. The van der Waals surface area contributed by atoms with E-state index >= 15 is 0 Å². The number of nitrogens with one attached hydrogen (secondary N) is 5. The van der Waals surface area contributed by atoms with Gasteiger partial charge in [-0.25, -0.2) is 15.5 Å². The molecule has 0 saturated carbocycles. The zero-order chi connectivity index (χ0) is 27.0. The molecule has 200 valence electrons.